The highest BCUT2D eigenvalue weighted by Crippen LogP contribution is 2.24. The fraction of sp³-hybridized carbons (Fsp3) is 0.883. The Hall–Kier alpha value is -2.56. The van der Waals surface area contributed by atoms with E-state index in [1.807, 2.05) is 6.26 Å². The number of rotatable bonds is 50. The maximum atomic E-state index is 12.8. The van der Waals surface area contributed by atoms with E-state index < -0.39 is 30.1 Å². The van der Waals surface area contributed by atoms with Crippen LogP contribution in [0.3, 0.4) is 0 Å². The summed E-state index contributed by atoms with van der Waals surface area (Å²) in [5.74, 6) is -1.72. The molecule has 2 amide bonds. The molecule has 0 aliphatic carbocycles. The summed E-state index contributed by atoms with van der Waals surface area (Å²) in [5.41, 5.74) is 0. The first kappa shape index (κ1) is 68.4. The van der Waals surface area contributed by atoms with E-state index in [1.165, 1.54) is 191 Å². The van der Waals surface area contributed by atoms with Gasteiger partial charge < -0.3 is 25.2 Å². The average molecular weight is 1020 g/mol. The third kappa shape index (κ3) is 44.6. The molecule has 71 heavy (non-hydrogen) atoms. The number of unbranched alkanes of at least 4 members (excludes halogenated alkanes) is 35. The lowest BCUT2D eigenvalue weighted by Crippen LogP contribution is -2.41. The van der Waals surface area contributed by atoms with Gasteiger partial charge in [0, 0.05) is 25.7 Å². The predicted molar refractivity (Wildman–Crippen MR) is 300 cm³/mol. The number of amides is 2. The molecule has 0 aromatic heterocycles. The molecule has 1 aliphatic heterocycles. The third-order valence-corrected chi connectivity index (χ3v) is 14.7. The van der Waals surface area contributed by atoms with Crippen molar-refractivity contribution in [1.29, 1.82) is 0 Å². The number of thioether (sulfide) groups is 1. The second kappa shape index (κ2) is 52.3. The Balaban J connectivity index is 0.00000151. The third-order valence-electron chi connectivity index (χ3n) is 14.1. The predicted octanol–water partition coefficient (Wildman–Crippen LogP) is 16.9. The van der Waals surface area contributed by atoms with E-state index in [9.17, 15) is 29.1 Å². The molecule has 1 fully saturated rings. The van der Waals surface area contributed by atoms with Crippen LogP contribution >= 0.6 is 11.8 Å². The van der Waals surface area contributed by atoms with Gasteiger partial charge in [0.25, 0.3) is 0 Å². The van der Waals surface area contributed by atoms with E-state index >= 15 is 0 Å². The zero-order valence-corrected chi connectivity index (χ0v) is 47.4. The van der Waals surface area contributed by atoms with Crippen molar-refractivity contribution < 1.29 is 38.9 Å². The van der Waals surface area contributed by atoms with Crippen LogP contribution < -0.4 is 5.32 Å². The van der Waals surface area contributed by atoms with Crippen molar-refractivity contribution >= 4 is 41.5 Å². The largest absolute Gasteiger partial charge is 0.480 e. The molecule has 1 heterocycles. The second-order valence-electron chi connectivity index (χ2n) is 20.8. The summed E-state index contributed by atoms with van der Waals surface area (Å²) in [6.45, 7) is 6.97. The van der Waals surface area contributed by atoms with Gasteiger partial charge >= 0.3 is 17.9 Å². The van der Waals surface area contributed by atoms with Crippen LogP contribution in [0.1, 0.15) is 303 Å². The molecular formula is C60H112N2O8S. The molecule has 1 rings (SSSR count). The molecule has 0 bridgehead atoms. The van der Waals surface area contributed by atoms with Crippen LogP contribution in [-0.2, 0) is 28.7 Å². The zero-order chi connectivity index (χ0) is 52.3. The highest BCUT2D eigenvalue weighted by atomic mass is 32.2. The summed E-state index contributed by atoms with van der Waals surface area (Å²) < 4.78 is 5.61. The highest BCUT2D eigenvalue weighted by molar-refractivity contribution is 7.98. The average Bonchev–Trinajstić information content (AvgIpc) is 3.78. The summed E-state index contributed by atoms with van der Waals surface area (Å²) in [5, 5.41) is 21.4. The van der Waals surface area contributed by atoms with Gasteiger partial charge in [-0.3, -0.25) is 14.4 Å². The molecule has 0 spiro atoms. The van der Waals surface area contributed by atoms with Crippen molar-refractivity contribution in [3.8, 4) is 0 Å². The summed E-state index contributed by atoms with van der Waals surface area (Å²) in [6, 6.07) is -1.63. The maximum Gasteiger partial charge on any atom is 0.326 e. The standard InChI is InChI=1S/C37H69NO5.C23H43NO3S/c1-3-5-7-9-11-13-15-17-19-21-23-25-27-29-35(39)38-32-33(31-34(38)37(41)42)43-36(40)30-28-26-24-22-20-18-16-14-12-10-8-6-4-2;1-3-4-5-6-7-8-9-10-11-12-13-14-15-16-17-18-22(25)24-21(23(26)27)19-20-28-2/h33-34H,3-32H2,1-2H3,(H,41,42);10-11,21H,3-9,12-20H2,1-2H3,(H,24,25)(H,26,27)/b;11-10+/t33?,34-;21-/m00/s1. The van der Waals surface area contributed by atoms with Crippen LogP contribution in [0.4, 0.5) is 0 Å². The van der Waals surface area contributed by atoms with Gasteiger partial charge in [-0.05, 0) is 63.4 Å². The number of ether oxygens (including phenoxy) is 1. The molecule has 3 N–H and O–H groups in total. The normalized spacial score (nSPS) is 14.9. The van der Waals surface area contributed by atoms with Crippen molar-refractivity contribution in [2.75, 3.05) is 18.6 Å². The molecule has 0 aromatic carbocycles. The topological polar surface area (TPSA) is 150 Å². The first-order valence-corrected chi connectivity index (χ1v) is 31.4. The van der Waals surface area contributed by atoms with Crippen molar-refractivity contribution in [2.24, 2.45) is 0 Å². The molecule has 1 saturated heterocycles. The summed E-state index contributed by atoms with van der Waals surface area (Å²) in [7, 11) is 0. The van der Waals surface area contributed by atoms with Gasteiger partial charge in [0.2, 0.25) is 11.8 Å². The molecule has 11 heteroatoms. The molecule has 0 aromatic rings. The Kier molecular flexibility index (Phi) is 50.4. The monoisotopic (exact) mass is 1020 g/mol. The fourth-order valence-electron chi connectivity index (χ4n) is 9.48. The Bertz CT molecular complexity index is 1300. The zero-order valence-electron chi connectivity index (χ0n) is 46.6. The minimum Gasteiger partial charge on any atom is -0.480 e. The first-order valence-electron chi connectivity index (χ1n) is 30.0. The van der Waals surface area contributed by atoms with Crippen LogP contribution in [0.5, 0.6) is 0 Å². The fourth-order valence-corrected chi connectivity index (χ4v) is 9.95. The molecular weight excluding hydrogens is 909 g/mol. The Morgan fingerprint density at radius 1 is 0.535 bits per heavy atom. The number of likely N-dealkylation sites (tertiary alicyclic amines) is 1. The molecule has 0 saturated carbocycles. The number of nitrogens with zero attached hydrogens (tertiary/aromatic N) is 1. The second-order valence-corrected chi connectivity index (χ2v) is 21.8. The summed E-state index contributed by atoms with van der Waals surface area (Å²) in [4.78, 5) is 61.4. The number of allylic oxidation sites excluding steroid dienone is 2. The van der Waals surface area contributed by atoms with Crippen molar-refractivity contribution in [1.82, 2.24) is 10.2 Å². The number of nitrogens with one attached hydrogen (secondary N) is 1. The van der Waals surface area contributed by atoms with Crippen molar-refractivity contribution in [2.45, 2.75) is 321 Å². The van der Waals surface area contributed by atoms with Gasteiger partial charge in [-0.25, -0.2) is 9.59 Å². The first-order chi connectivity index (χ1) is 34.6. The number of hydrogen-bond donors (Lipinski definition) is 3. The number of esters is 1. The van der Waals surface area contributed by atoms with Crippen molar-refractivity contribution in [3.63, 3.8) is 0 Å². The van der Waals surface area contributed by atoms with E-state index in [4.69, 9.17) is 9.84 Å². The maximum absolute atomic E-state index is 12.8. The molecule has 3 atom stereocenters. The van der Waals surface area contributed by atoms with E-state index in [1.54, 1.807) is 11.8 Å². The number of aliphatic carboxylic acids is 2. The molecule has 416 valence electrons. The van der Waals surface area contributed by atoms with Gasteiger partial charge in [-0.1, -0.05) is 238 Å². The minimum atomic E-state index is -1.01. The van der Waals surface area contributed by atoms with E-state index in [-0.39, 0.29) is 30.7 Å². The Morgan fingerprint density at radius 3 is 1.28 bits per heavy atom. The van der Waals surface area contributed by atoms with Crippen LogP contribution in [0, 0.1) is 0 Å². The van der Waals surface area contributed by atoms with Crippen LogP contribution in [-0.4, -0.2) is 81.6 Å². The quantitative estimate of drug-likeness (QED) is 0.0307. The molecule has 1 unspecified atom stereocenters. The molecule has 0 radical (unpaired) electrons. The summed E-state index contributed by atoms with van der Waals surface area (Å²) >= 11 is 1.59. The van der Waals surface area contributed by atoms with Gasteiger partial charge in [-0.15, -0.1) is 0 Å². The highest BCUT2D eigenvalue weighted by Gasteiger charge is 2.41. The van der Waals surface area contributed by atoms with Gasteiger partial charge in [0.1, 0.15) is 18.2 Å². The number of carboxylic acids is 2. The van der Waals surface area contributed by atoms with E-state index in [0.717, 1.165) is 70.0 Å². The SMILES string of the molecule is CCCCCCCC/C=C/CCCCCCCC(=O)N[C@@H](CCSC)C(=O)O.CCCCCCCCCCCCCCCC(=O)OC1C[C@@H](C(=O)O)N(C(=O)CCCCCCCCCCCCCCC)C1. The number of carbonyl (C=O) groups is 5. The van der Waals surface area contributed by atoms with Gasteiger partial charge in [0.05, 0.1) is 6.54 Å². The summed E-state index contributed by atoms with van der Waals surface area (Å²) in [6.07, 6.45) is 56.5. The van der Waals surface area contributed by atoms with E-state index in [2.05, 4.69) is 38.2 Å². The van der Waals surface area contributed by atoms with Crippen LogP contribution in [0.2, 0.25) is 0 Å². The van der Waals surface area contributed by atoms with Crippen LogP contribution in [0.15, 0.2) is 12.2 Å². The number of carboxylic acid groups (broad SMARTS) is 2. The number of carbonyl (C=O) groups excluding carboxylic acids is 3. The lowest BCUT2D eigenvalue weighted by molar-refractivity contribution is -0.149. The Morgan fingerprint density at radius 2 is 0.901 bits per heavy atom. The van der Waals surface area contributed by atoms with Crippen molar-refractivity contribution in [3.05, 3.63) is 12.2 Å². The number of hydrogen-bond acceptors (Lipinski definition) is 7. The van der Waals surface area contributed by atoms with Crippen LogP contribution in [0.25, 0.3) is 0 Å². The lowest BCUT2D eigenvalue weighted by Gasteiger charge is -2.21. The smallest absolute Gasteiger partial charge is 0.326 e. The lowest BCUT2D eigenvalue weighted by atomic mass is 10.0. The minimum absolute atomic E-state index is 0.120. The Labute approximate surface area is 441 Å². The van der Waals surface area contributed by atoms with E-state index in [0.29, 0.717) is 25.7 Å². The van der Waals surface area contributed by atoms with Gasteiger partial charge in [0.15, 0.2) is 0 Å². The molecule has 1 aliphatic rings. The molecule has 10 nitrogen and oxygen atoms in total. The van der Waals surface area contributed by atoms with Gasteiger partial charge in [-0.2, -0.15) is 11.8 Å².